The maximum Gasteiger partial charge on any atom is 0.239 e. The Labute approximate surface area is 177 Å². The summed E-state index contributed by atoms with van der Waals surface area (Å²) in [5, 5.41) is 17.0. The lowest BCUT2D eigenvalue weighted by Gasteiger charge is -2.34. The third kappa shape index (κ3) is 5.17. The van der Waals surface area contributed by atoms with Gasteiger partial charge in [0.15, 0.2) is 0 Å². The van der Waals surface area contributed by atoms with Crippen LogP contribution in [0.4, 0.5) is 5.82 Å². The zero-order valence-corrected chi connectivity index (χ0v) is 17.5. The number of benzene rings is 1. The van der Waals surface area contributed by atoms with E-state index < -0.39 is 0 Å². The van der Waals surface area contributed by atoms with E-state index in [2.05, 4.69) is 28.3 Å². The molecule has 1 aliphatic heterocycles. The van der Waals surface area contributed by atoms with E-state index in [1.807, 2.05) is 30.3 Å². The standard InChI is InChI=1S/C22H30N6O2/c1-2-3-12-27-13-14-30-16-20(27)22(29)25-11-7-10-19-18(15-23)21(24)28(26-19)17-8-5-4-6-9-17/h4-6,8-9,20H,2-3,7,10-14,16,24H2,1H3,(H,25,29)/t20-/m1/s1. The van der Waals surface area contributed by atoms with Crippen molar-refractivity contribution in [2.24, 2.45) is 0 Å². The predicted octanol–water partition coefficient (Wildman–Crippen LogP) is 1.88. The largest absolute Gasteiger partial charge is 0.382 e. The molecule has 0 unspecified atom stereocenters. The van der Waals surface area contributed by atoms with Crippen molar-refractivity contribution in [1.82, 2.24) is 20.0 Å². The van der Waals surface area contributed by atoms with Crippen molar-refractivity contribution in [2.45, 2.75) is 38.6 Å². The fraction of sp³-hybridized carbons (Fsp3) is 0.500. The molecule has 1 amide bonds. The van der Waals surface area contributed by atoms with Crippen molar-refractivity contribution in [3.63, 3.8) is 0 Å². The van der Waals surface area contributed by atoms with Crippen molar-refractivity contribution in [3.05, 3.63) is 41.6 Å². The monoisotopic (exact) mass is 410 g/mol. The van der Waals surface area contributed by atoms with Crippen LogP contribution >= 0.6 is 0 Å². The van der Waals surface area contributed by atoms with Crippen LogP contribution in [0.1, 0.15) is 37.4 Å². The number of anilines is 1. The minimum absolute atomic E-state index is 0.000591. The average Bonchev–Trinajstić information content (AvgIpc) is 3.11. The number of nitrogens with one attached hydrogen (secondary N) is 1. The quantitative estimate of drug-likeness (QED) is 0.611. The molecule has 0 radical (unpaired) electrons. The van der Waals surface area contributed by atoms with Crippen LogP contribution in [0, 0.1) is 11.3 Å². The number of hydrogen-bond donors (Lipinski definition) is 2. The molecule has 0 aliphatic carbocycles. The SMILES string of the molecule is CCCCN1CCOC[C@@H]1C(=O)NCCCc1nn(-c2ccccc2)c(N)c1C#N. The van der Waals surface area contributed by atoms with Gasteiger partial charge >= 0.3 is 0 Å². The van der Waals surface area contributed by atoms with Gasteiger partial charge in [-0.3, -0.25) is 9.69 Å². The van der Waals surface area contributed by atoms with Gasteiger partial charge < -0.3 is 15.8 Å². The van der Waals surface area contributed by atoms with Gasteiger partial charge in [0, 0.05) is 13.1 Å². The van der Waals surface area contributed by atoms with Crippen molar-refractivity contribution < 1.29 is 9.53 Å². The molecule has 1 aromatic carbocycles. The number of nitriles is 1. The predicted molar refractivity (Wildman–Crippen MR) is 115 cm³/mol. The van der Waals surface area contributed by atoms with Crippen LogP contribution < -0.4 is 11.1 Å². The van der Waals surface area contributed by atoms with Crippen LogP contribution in [0.2, 0.25) is 0 Å². The van der Waals surface area contributed by atoms with E-state index in [9.17, 15) is 10.1 Å². The van der Waals surface area contributed by atoms with Gasteiger partial charge in [0.2, 0.25) is 5.91 Å². The van der Waals surface area contributed by atoms with Crippen molar-refractivity contribution in [2.75, 3.05) is 38.6 Å². The number of aromatic nitrogens is 2. The van der Waals surface area contributed by atoms with Gasteiger partial charge in [0.25, 0.3) is 0 Å². The first-order valence-corrected chi connectivity index (χ1v) is 10.6. The number of para-hydroxylation sites is 1. The number of nitrogens with zero attached hydrogens (tertiary/aromatic N) is 4. The molecular formula is C22H30N6O2. The Morgan fingerprint density at radius 3 is 2.90 bits per heavy atom. The molecule has 1 fully saturated rings. The summed E-state index contributed by atoms with van der Waals surface area (Å²) in [6.45, 7) is 5.48. The lowest BCUT2D eigenvalue weighted by Crippen LogP contribution is -2.54. The summed E-state index contributed by atoms with van der Waals surface area (Å²) in [6, 6.07) is 11.4. The molecular weight excluding hydrogens is 380 g/mol. The molecule has 0 spiro atoms. The number of hydrogen-bond acceptors (Lipinski definition) is 6. The highest BCUT2D eigenvalue weighted by molar-refractivity contribution is 5.82. The molecule has 8 nitrogen and oxygen atoms in total. The van der Waals surface area contributed by atoms with E-state index in [0.717, 1.165) is 31.6 Å². The van der Waals surface area contributed by atoms with E-state index in [1.165, 1.54) is 0 Å². The van der Waals surface area contributed by atoms with Crippen LogP contribution in [0.15, 0.2) is 30.3 Å². The number of unbranched alkanes of at least 4 members (excludes halogenated alkanes) is 1. The van der Waals surface area contributed by atoms with Gasteiger partial charge in [-0.2, -0.15) is 10.4 Å². The molecule has 3 N–H and O–H groups in total. The molecule has 2 heterocycles. The maximum atomic E-state index is 12.6. The van der Waals surface area contributed by atoms with Crippen molar-refractivity contribution in [3.8, 4) is 11.8 Å². The number of morpholine rings is 1. The van der Waals surface area contributed by atoms with Crippen LogP contribution in [0.25, 0.3) is 5.69 Å². The van der Waals surface area contributed by atoms with Gasteiger partial charge in [-0.1, -0.05) is 31.5 Å². The second-order valence-corrected chi connectivity index (χ2v) is 7.44. The number of carbonyl (C=O) groups excluding carboxylic acids is 1. The summed E-state index contributed by atoms with van der Waals surface area (Å²) >= 11 is 0. The number of carbonyl (C=O) groups is 1. The zero-order valence-electron chi connectivity index (χ0n) is 17.5. The molecule has 0 saturated carbocycles. The number of amides is 1. The molecule has 8 heteroatoms. The molecule has 0 bridgehead atoms. The first-order valence-electron chi connectivity index (χ1n) is 10.6. The van der Waals surface area contributed by atoms with E-state index >= 15 is 0 Å². The van der Waals surface area contributed by atoms with Gasteiger partial charge in [-0.15, -0.1) is 0 Å². The topological polar surface area (TPSA) is 109 Å². The highest BCUT2D eigenvalue weighted by Gasteiger charge is 2.28. The minimum atomic E-state index is -0.229. The summed E-state index contributed by atoms with van der Waals surface area (Å²) in [5.41, 5.74) is 8.01. The third-order valence-electron chi connectivity index (χ3n) is 5.34. The van der Waals surface area contributed by atoms with Crippen molar-refractivity contribution in [1.29, 1.82) is 5.26 Å². The van der Waals surface area contributed by atoms with Crippen LogP contribution in [0.5, 0.6) is 0 Å². The van der Waals surface area contributed by atoms with Crippen LogP contribution in [-0.2, 0) is 16.0 Å². The summed E-state index contributed by atoms with van der Waals surface area (Å²) in [5.74, 6) is 0.342. The van der Waals surface area contributed by atoms with E-state index in [4.69, 9.17) is 10.5 Å². The Morgan fingerprint density at radius 1 is 1.37 bits per heavy atom. The lowest BCUT2D eigenvalue weighted by atomic mass is 10.1. The first-order chi connectivity index (χ1) is 14.7. The summed E-state index contributed by atoms with van der Waals surface area (Å²) in [7, 11) is 0. The first kappa shape index (κ1) is 21.8. The van der Waals surface area contributed by atoms with E-state index in [1.54, 1.807) is 4.68 Å². The summed E-state index contributed by atoms with van der Waals surface area (Å²) < 4.78 is 7.11. The average molecular weight is 411 g/mol. The smallest absolute Gasteiger partial charge is 0.239 e. The Kier molecular flexibility index (Phi) is 7.82. The maximum absolute atomic E-state index is 12.6. The minimum Gasteiger partial charge on any atom is -0.382 e. The van der Waals surface area contributed by atoms with Gasteiger partial charge in [-0.05, 0) is 37.9 Å². The van der Waals surface area contributed by atoms with Crippen LogP contribution in [-0.4, -0.2) is 59.5 Å². The van der Waals surface area contributed by atoms with Gasteiger partial charge in [0.1, 0.15) is 23.5 Å². The Bertz CT molecular complexity index is 874. The second-order valence-electron chi connectivity index (χ2n) is 7.44. The lowest BCUT2D eigenvalue weighted by molar-refractivity contribution is -0.132. The highest BCUT2D eigenvalue weighted by Crippen LogP contribution is 2.21. The second kappa shape index (κ2) is 10.8. The zero-order chi connectivity index (χ0) is 21.3. The van der Waals surface area contributed by atoms with Gasteiger partial charge in [-0.25, -0.2) is 4.68 Å². The molecule has 1 aromatic heterocycles. The molecule has 1 aliphatic rings. The normalized spacial score (nSPS) is 16.9. The molecule has 2 aromatic rings. The number of nitrogens with two attached hydrogens (primary N) is 1. The van der Waals surface area contributed by atoms with Crippen molar-refractivity contribution >= 4 is 11.7 Å². The Balaban J connectivity index is 1.55. The Morgan fingerprint density at radius 2 is 2.17 bits per heavy atom. The third-order valence-corrected chi connectivity index (χ3v) is 5.34. The molecule has 160 valence electrons. The molecule has 3 rings (SSSR count). The van der Waals surface area contributed by atoms with E-state index in [0.29, 0.717) is 49.7 Å². The molecule has 30 heavy (non-hydrogen) atoms. The van der Waals surface area contributed by atoms with Crippen LogP contribution in [0.3, 0.4) is 0 Å². The summed E-state index contributed by atoms with van der Waals surface area (Å²) in [6.07, 6.45) is 3.42. The van der Waals surface area contributed by atoms with E-state index in [-0.39, 0.29) is 11.9 Å². The number of nitrogen functional groups attached to an aromatic ring is 1. The fourth-order valence-electron chi connectivity index (χ4n) is 3.63. The van der Waals surface area contributed by atoms with Gasteiger partial charge in [0.05, 0.1) is 24.6 Å². The number of aryl methyl sites for hydroxylation is 1. The molecule has 1 saturated heterocycles. The molecule has 1 atom stereocenters. The fourth-order valence-corrected chi connectivity index (χ4v) is 3.63. The number of ether oxygens (including phenoxy) is 1. The summed E-state index contributed by atoms with van der Waals surface area (Å²) in [4.78, 5) is 14.8. The number of rotatable bonds is 9. The highest BCUT2D eigenvalue weighted by atomic mass is 16.5. The Hall–Kier alpha value is -2.89.